The van der Waals surface area contributed by atoms with Crippen molar-refractivity contribution in [2.24, 2.45) is 0 Å². The zero-order valence-electron chi connectivity index (χ0n) is 13.9. The maximum absolute atomic E-state index is 11.8. The molecule has 0 spiro atoms. The molecule has 0 aliphatic rings. The third-order valence-corrected chi connectivity index (χ3v) is 3.28. The van der Waals surface area contributed by atoms with E-state index in [-0.39, 0.29) is 22.3 Å². The molecule has 0 amide bonds. The minimum Gasteiger partial charge on any atom is -0.465 e. The number of methoxy groups -OCH3 is 2. The molecule has 0 radical (unpaired) electrons. The Balaban J connectivity index is 1.95. The second kappa shape index (κ2) is 8.43. The van der Waals surface area contributed by atoms with Gasteiger partial charge >= 0.3 is 23.9 Å². The summed E-state index contributed by atoms with van der Waals surface area (Å²) in [4.78, 5) is 55.3. The maximum atomic E-state index is 11.8. The van der Waals surface area contributed by atoms with Crippen LogP contribution < -0.4 is 0 Å². The van der Waals surface area contributed by atoms with Crippen LogP contribution in [0.4, 0.5) is 0 Å². The summed E-state index contributed by atoms with van der Waals surface area (Å²) in [5.41, 5.74) is 0.663. The second-order valence-corrected chi connectivity index (χ2v) is 4.88. The molecular formula is C18H14O8. The Labute approximate surface area is 148 Å². The van der Waals surface area contributed by atoms with Gasteiger partial charge in [-0.3, -0.25) is 0 Å². The van der Waals surface area contributed by atoms with E-state index in [4.69, 9.17) is 0 Å². The van der Waals surface area contributed by atoms with E-state index >= 15 is 0 Å². The fourth-order valence-electron chi connectivity index (χ4n) is 1.89. The number of ether oxygens (including phenoxy) is 2. The van der Waals surface area contributed by atoms with Gasteiger partial charge < -0.3 is 9.47 Å². The minimum atomic E-state index is -0.916. The van der Waals surface area contributed by atoms with Crippen molar-refractivity contribution in [3.63, 3.8) is 0 Å². The molecule has 8 heteroatoms. The molecule has 8 nitrogen and oxygen atoms in total. The fraction of sp³-hybridized carbons (Fsp3) is 0.111. The number of benzene rings is 2. The van der Waals surface area contributed by atoms with Gasteiger partial charge in [0.2, 0.25) is 0 Å². The molecule has 0 bridgehead atoms. The SMILES string of the molecule is COC(=O)c1ccc(C(=O)OOC(=O)c2ccc(C(=O)OC)cc2)cc1. The first-order valence-corrected chi connectivity index (χ1v) is 7.26. The number of esters is 2. The molecule has 134 valence electrons. The summed E-state index contributed by atoms with van der Waals surface area (Å²) in [6.45, 7) is 0. The Kier molecular flexibility index (Phi) is 6.05. The average Bonchev–Trinajstić information content (AvgIpc) is 2.70. The van der Waals surface area contributed by atoms with Crippen LogP contribution in [0, 0.1) is 0 Å². The van der Waals surface area contributed by atoms with Crippen LogP contribution in [0.15, 0.2) is 48.5 Å². The highest BCUT2D eigenvalue weighted by molar-refractivity contribution is 5.95. The van der Waals surface area contributed by atoms with Gasteiger partial charge in [0, 0.05) is 0 Å². The van der Waals surface area contributed by atoms with Crippen LogP contribution in [0.5, 0.6) is 0 Å². The van der Waals surface area contributed by atoms with Gasteiger partial charge in [-0.2, -0.15) is 0 Å². The highest BCUT2D eigenvalue weighted by Gasteiger charge is 2.16. The molecule has 0 aliphatic carbocycles. The van der Waals surface area contributed by atoms with Gasteiger partial charge in [-0.15, -0.1) is 0 Å². The van der Waals surface area contributed by atoms with E-state index < -0.39 is 23.9 Å². The van der Waals surface area contributed by atoms with Gasteiger partial charge in [0.25, 0.3) is 0 Å². The summed E-state index contributed by atoms with van der Waals surface area (Å²) in [5.74, 6) is -2.93. The van der Waals surface area contributed by atoms with Crippen molar-refractivity contribution in [1.29, 1.82) is 0 Å². The van der Waals surface area contributed by atoms with Gasteiger partial charge in [0.15, 0.2) is 0 Å². The fourth-order valence-corrected chi connectivity index (χ4v) is 1.89. The number of hydrogen-bond donors (Lipinski definition) is 0. The highest BCUT2D eigenvalue weighted by Crippen LogP contribution is 2.10. The van der Waals surface area contributed by atoms with E-state index in [0.717, 1.165) is 0 Å². The van der Waals surface area contributed by atoms with Crippen LogP contribution in [0.1, 0.15) is 41.4 Å². The summed E-state index contributed by atoms with van der Waals surface area (Å²) in [5, 5.41) is 0. The molecule has 0 aliphatic heterocycles. The van der Waals surface area contributed by atoms with E-state index in [1.807, 2.05) is 0 Å². The Bertz CT molecular complexity index is 750. The molecule has 0 saturated carbocycles. The Morgan fingerprint density at radius 1 is 0.500 bits per heavy atom. The van der Waals surface area contributed by atoms with Crippen molar-refractivity contribution in [2.75, 3.05) is 14.2 Å². The molecule has 0 saturated heterocycles. The van der Waals surface area contributed by atoms with Crippen LogP contribution in [0.2, 0.25) is 0 Å². The topological polar surface area (TPSA) is 105 Å². The van der Waals surface area contributed by atoms with Gasteiger partial charge in [0.1, 0.15) is 0 Å². The van der Waals surface area contributed by atoms with Crippen LogP contribution in [-0.2, 0) is 19.2 Å². The summed E-state index contributed by atoms with van der Waals surface area (Å²) < 4.78 is 9.08. The Hall–Kier alpha value is -3.68. The smallest absolute Gasteiger partial charge is 0.386 e. The average molecular weight is 358 g/mol. The van der Waals surface area contributed by atoms with Crippen molar-refractivity contribution in [3.8, 4) is 0 Å². The van der Waals surface area contributed by atoms with Crippen molar-refractivity contribution in [2.45, 2.75) is 0 Å². The lowest BCUT2D eigenvalue weighted by atomic mass is 10.1. The second-order valence-electron chi connectivity index (χ2n) is 4.88. The third-order valence-electron chi connectivity index (χ3n) is 3.28. The van der Waals surface area contributed by atoms with E-state index in [9.17, 15) is 19.2 Å². The van der Waals surface area contributed by atoms with Crippen molar-refractivity contribution in [1.82, 2.24) is 0 Å². The van der Waals surface area contributed by atoms with Crippen LogP contribution in [0.3, 0.4) is 0 Å². The third kappa shape index (κ3) is 4.44. The lowest BCUT2D eigenvalue weighted by molar-refractivity contribution is -0.187. The van der Waals surface area contributed by atoms with E-state index in [0.29, 0.717) is 0 Å². The predicted octanol–water partition coefficient (Wildman–Crippen LogP) is 2.19. The number of carbonyl (C=O) groups excluding carboxylic acids is 4. The van der Waals surface area contributed by atoms with Crippen molar-refractivity contribution < 1.29 is 38.4 Å². The van der Waals surface area contributed by atoms with Crippen LogP contribution in [-0.4, -0.2) is 38.1 Å². The van der Waals surface area contributed by atoms with Crippen molar-refractivity contribution >= 4 is 23.9 Å². The molecule has 0 N–H and O–H groups in total. The van der Waals surface area contributed by atoms with Crippen LogP contribution in [0.25, 0.3) is 0 Å². The quantitative estimate of drug-likeness (QED) is 0.465. The predicted molar refractivity (Wildman–Crippen MR) is 86.4 cm³/mol. The summed E-state index contributed by atoms with van der Waals surface area (Å²) in [7, 11) is 2.48. The highest BCUT2D eigenvalue weighted by atomic mass is 17.2. The molecule has 0 unspecified atom stereocenters. The van der Waals surface area contributed by atoms with Gasteiger partial charge in [-0.1, -0.05) is 0 Å². The van der Waals surface area contributed by atoms with E-state index in [2.05, 4.69) is 19.2 Å². The molecule has 0 fully saturated rings. The largest absolute Gasteiger partial charge is 0.465 e. The lowest BCUT2D eigenvalue weighted by Crippen LogP contribution is -2.12. The first-order chi connectivity index (χ1) is 12.5. The maximum Gasteiger partial charge on any atom is 0.386 e. The number of hydrogen-bond acceptors (Lipinski definition) is 8. The summed E-state index contributed by atoms with van der Waals surface area (Å²) >= 11 is 0. The van der Waals surface area contributed by atoms with E-state index in [1.54, 1.807) is 0 Å². The van der Waals surface area contributed by atoms with Gasteiger partial charge in [-0.25, -0.2) is 29.0 Å². The minimum absolute atomic E-state index is 0.0755. The zero-order valence-corrected chi connectivity index (χ0v) is 13.9. The Morgan fingerprint density at radius 2 is 0.731 bits per heavy atom. The molecule has 2 aromatic rings. The molecule has 0 aromatic heterocycles. The molecule has 0 heterocycles. The molecular weight excluding hydrogens is 344 g/mol. The molecule has 0 atom stereocenters. The first-order valence-electron chi connectivity index (χ1n) is 7.26. The Morgan fingerprint density at radius 3 is 0.962 bits per heavy atom. The molecule has 2 rings (SSSR count). The van der Waals surface area contributed by atoms with E-state index in [1.165, 1.54) is 62.8 Å². The lowest BCUT2D eigenvalue weighted by Gasteiger charge is -2.05. The monoisotopic (exact) mass is 358 g/mol. The first kappa shape index (κ1) is 18.7. The number of carbonyl (C=O) groups is 4. The zero-order chi connectivity index (χ0) is 19.1. The molecule has 26 heavy (non-hydrogen) atoms. The van der Waals surface area contributed by atoms with Gasteiger partial charge in [0.05, 0.1) is 36.5 Å². The molecule has 2 aromatic carbocycles. The normalized spacial score (nSPS) is 9.77. The standard InChI is InChI=1S/C18H14O8/c1-23-15(19)11-3-7-13(8-4-11)17(21)25-26-18(22)14-9-5-12(6-10-14)16(20)24-2/h3-10H,1-2H3. The van der Waals surface area contributed by atoms with Gasteiger partial charge in [-0.05, 0) is 48.5 Å². The van der Waals surface area contributed by atoms with Crippen LogP contribution >= 0.6 is 0 Å². The van der Waals surface area contributed by atoms with Crippen molar-refractivity contribution in [3.05, 3.63) is 70.8 Å². The number of rotatable bonds is 4. The summed E-state index contributed by atoms with van der Waals surface area (Å²) in [6, 6.07) is 10.8. The summed E-state index contributed by atoms with van der Waals surface area (Å²) in [6.07, 6.45) is 0.